The second kappa shape index (κ2) is 5.51. The first kappa shape index (κ1) is 13.5. The highest BCUT2D eigenvalue weighted by molar-refractivity contribution is 6.12. The molecule has 0 bridgehead atoms. The van der Waals surface area contributed by atoms with E-state index in [1.807, 2.05) is 78.9 Å². The van der Waals surface area contributed by atoms with Gasteiger partial charge in [0.25, 0.3) is 0 Å². The molecule has 1 aliphatic carbocycles. The molecule has 0 heterocycles. The van der Waals surface area contributed by atoms with E-state index in [-0.39, 0.29) is 5.78 Å². The summed E-state index contributed by atoms with van der Waals surface area (Å²) in [5.74, 6) is -0.0393. The Balaban J connectivity index is 2.05. The molecule has 2 nitrogen and oxygen atoms in total. The van der Waals surface area contributed by atoms with Gasteiger partial charge < -0.3 is 5.73 Å². The van der Waals surface area contributed by atoms with E-state index in [1.165, 1.54) is 0 Å². The number of hydrogen-bond donors (Lipinski definition) is 1. The molecule has 0 aliphatic heterocycles. The lowest BCUT2D eigenvalue weighted by Crippen LogP contribution is -2.49. The van der Waals surface area contributed by atoms with E-state index >= 15 is 0 Å². The Morgan fingerprint density at radius 2 is 1.57 bits per heavy atom. The number of benzene rings is 2. The van der Waals surface area contributed by atoms with Crippen molar-refractivity contribution in [2.45, 2.75) is 12.0 Å². The SMILES string of the molecule is NC1(C(=O)c2ccccc2)CC=CC=C1c1ccccc1. The number of carbonyl (C=O) groups is 1. The van der Waals surface area contributed by atoms with Crippen molar-refractivity contribution < 1.29 is 4.79 Å². The van der Waals surface area contributed by atoms with Gasteiger partial charge in [-0.3, -0.25) is 4.79 Å². The zero-order chi connectivity index (χ0) is 14.7. The molecule has 0 radical (unpaired) electrons. The number of ketones is 1. The Bertz CT molecular complexity index is 701. The first-order valence-corrected chi connectivity index (χ1v) is 7.03. The van der Waals surface area contributed by atoms with Gasteiger partial charge in [-0.1, -0.05) is 78.9 Å². The van der Waals surface area contributed by atoms with E-state index in [2.05, 4.69) is 0 Å². The van der Waals surface area contributed by atoms with E-state index in [0.717, 1.165) is 11.1 Å². The van der Waals surface area contributed by atoms with Gasteiger partial charge >= 0.3 is 0 Å². The number of hydrogen-bond acceptors (Lipinski definition) is 2. The molecule has 1 unspecified atom stereocenters. The molecule has 21 heavy (non-hydrogen) atoms. The first-order chi connectivity index (χ1) is 10.2. The Labute approximate surface area is 124 Å². The second-order valence-corrected chi connectivity index (χ2v) is 5.25. The lowest BCUT2D eigenvalue weighted by atomic mass is 9.75. The minimum absolute atomic E-state index is 0.0393. The molecule has 0 saturated heterocycles. The van der Waals surface area contributed by atoms with Gasteiger partial charge in [0.15, 0.2) is 5.78 Å². The summed E-state index contributed by atoms with van der Waals surface area (Å²) in [6.45, 7) is 0. The fourth-order valence-corrected chi connectivity index (χ4v) is 2.71. The lowest BCUT2D eigenvalue weighted by Gasteiger charge is -2.32. The van der Waals surface area contributed by atoms with Crippen LogP contribution in [0.4, 0.5) is 0 Å². The van der Waals surface area contributed by atoms with Gasteiger partial charge in [0.1, 0.15) is 5.54 Å². The van der Waals surface area contributed by atoms with Crippen LogP contribution >= 0.6 is 0 Å². The molecule has 3 rings (SSSR count). The van der Waals surface area contributed by atoms with Crippen LogP contribution in [0.15, 0.2) is 78.9 Å². The van der Waals surface area contributed by atoms with Crippen LogP contribution in [0, 0.1) is 0 Å². The summed E-state index contributed by atoms with van der Waals surface area (Å²) in [4.78, 5) is 12.9. The summed E-state index contributed by atoms with van der Waals surface area (Å²) >= 11 is 0. The molecule has 1 aliphatic rings. The fraction of sp³-hybridized carbons (Fsp3) is 0.105. The monoisotopic (exact) mass is 275 g/mol. The maximum atomic E-state index is 12.9. The smallest absolute Gasteiger partial charge is 0.187 e. The molecule has 2 heteroatoms. The largest absolute Gasteiger partial charge is 0.315 e. The lowest BCUT2D eigenvalue weighted by molar-refractivity contribution is 0.0927. The van der Waals surface area contributed by atoms with Crippen LogP contribution in [0.5, 0.6) is 0 Å². The molecule has 0 spiro atoms. The van der Waals surface area contributed by atoms with E-state index in [0.29, 0.717) is 12.0 Å². The molecule has 1 atom stereocenters. The number of rotatable bonds is 3. The van der Waals surface area contributed by atoms with E-state index < -0.39 is 5.54 Å². The highest BCUT2D eigenvalue weighted by atomic mass is 16.1. The van der Waals surface area contributed by atoms with Crippen molar-refractivity contribution in [1.29, 1.82) is 0 Å². The van der Waals surface area contributed by atoms with E-state index in [9.17, 15) is 4.79 Å². The summed E-state index contributed by atoms with van der Waals surface area (Å²) in [6, 6.07) is 19.1. The van der Waals surface area contributed by atoms with Crippen molar-refractivity contribution in [2.75, 3.05) is 0 Å². The van der Waals surface area contributed by atoms with Crippen molar-refractivity contribution in [2.24, 2.45) is 5.73 Å². The average Bonchev–Trinajstić information content (AvgIpc) is 2.56. The van der Waals surface area contributed by atoms with Gasteiger partial charge in [-0.25, -0.2) is 0 Å². The summed E-state index contributed by atoms with van der Waals surface area (Å²) in [5, 5.41) is 0. The minimum atomic E-state index is -1.00. The Morgan fingerprint density at radius 1 is 0.952 bits per heavy atom. The van der Waals surface area contributed by atoms with Gasteiger partial charge in [0.2, 0.25) is 0 Å². The Kier molecular flexibility index (Phi) is 3.55. The highest BCUT2D eigenvalue weighted by Gasteiger charge is 2.38. The van der Waals surface area contributed by atoms with Crippen LogP contribution in [0.25, 0.3) is 5.57 Å². The Morgan fingerprint density at radius 3 is 2.24 bits per heavy atom. The zero-order valence-electron chi connectivity index (χ0n) is 11.7. The molecular weight excluding hydrogens is 258 g/mol. The van der Waals surface area contributed by atoms with Gasteiger partial charge in [0, 0.05) is 5.56 Å². The summed E-state index contributed by atoms with van der Waals surface area (Å²) < 4.78 is 0. The third-order valence-corrected chi connectivity index (χ3v) is 3.85. The second-order valence-electron chi connectivity index (χ2n) is 5.25. The highest BCUT2D eigenvalue weighted by Crippen LogP contribution is 2.34. The molecule has 0 saturated carbocycles. The van der Waals surface area contributed by atoms with Crippen molar-refractivity contribution in [3.63, 3.8) is 0 Å². The summed E-state index contributed by atoms with van der Waals surface area (Å²) in [5.41, 5.74) is 8.06. The number of Topliss-reactive ketones (excluding diaryl/α,β-unsaturated/α-hetero) is 1. The number of allylic oxidation sites excluding steroid dienone is 2. The molecule has 104 valence electrons. The van der Waals surface area contributed by atoms with Gasteiger partial charge in [-0.2, -0.15) is 0 Å². The van der Waals surface area contributed by atoms with Crippen LogP contribution in [-0.2, 0) is 0 Å². The molecule has 0 amide bonds. The maximum Gasteiger partial charge on any atom is 0.187 e. The van der Waals surface area contributed by atoms with Crippen LogP contribution < -0.4 is 5.73 Å². The predicted molar refractivity (Wildman–Crippen MR) is 85.9 cm³/mol. The van der Waals surface area contributed by atoms with Crippen LogP contribution in [-0.4, -0.2) is 11.3 Å². The average molecular weight is 275 g/mol. The molecule has 2 N–H and O–H groups in total. The predicted octanol–water partition coefficient (Wildman–Crippen LogP) is 3.61. The Hall–Kier alpha value is -2.45. The third kappa shape index (κ3) is 2.46. The van der Waals surface area contributed by atoms with Gasteiger partial charge in [0.05, 0.1) is 0 Å². The van der Waals surface area contributed by atoms with Crippen LogP contribution in [0.1, 0.15) is 22.3 Å². The quantitative estimate of drug-likeness (QED) is 0.870. The summed E-state index contributed by atoms with van der Waals surface area (Å²) in [7, 11) is 0. The molecule has 2 aromatic carbocycles. The van der Waals surface area contributed by atoms with Crippen molar-refractivity contribution in [1.82, 2.24) is 0 Å². The van der Waals surface area contributed by atoms with Crippen molar-refractivity contribution in [3.8, 4) is 0 Å². The zero-order valence-corrected chi connectivity index (χ0v) is 11.7. The van der Waals surface area contributed by atoms with E-state index in [4.69, 9.17) is 5.73 Å². The standard InChI is InChI=1S/C19H17NO/c20-19(18(21)16-11-5-2-6-12-16)14-8-7-13-17(19)15-9-3-1-4-10-15/h1-13H,14,20H2. The van der Waals surface area contributed by atoms with E-state index in [1.54, 1.807) is 0 Å². The minimum Gasteiger partial charge on any atom is -0.315 e. The van der Waals surface area contributed by atoms with Crippen LogP contribution in [0.3, 0.4) is 0 Å². The van der Waals surface area contributed by atoms with Crippen molar-refractivity contribution in [3.05, 3.63) is 90.0 Å². The summed E-state index contributed by atoms with van der Waals surface area (Å²) in [6.07, 6.45) is 6.38. The third-order valence-electron chi connectivity index (χ3n) is 3.85. The topological polar surface area (TPSA) is 43.1 Å². The molecule has 0 fully saturated rings. The normalized spacial score (nSPS) is 20.9. The van der Waals surface area contributed by atoms with Gasteiger partial charge in [-0.05, 0) is 17.6 Å². The molecule has 0 aromatic heterocycles. The van der Waals surface area contributed by atoms with Crippen LogP contribution in [0.2, 0.25) is 0 Å². The maximum absolute atomic E-state index is 12.9. The van der Waals surface area contributed by atoms with Gasteiger partial charge in [-0.15, -0.1) is 0 Å². The molecular formula is C19H17NO. The number of carbonyl (C=O) groups excluding carboxylic acids is 1. The number of nitrogens with two attached hydrogens (primary N) is 1. The fourth-order valence-electron chi connectivity index (χ4n) is 2.71. The first-order valence-electron chi connectivity index (χ1n) is 7.03. The van der Waals surface area contributed by atoms with Crippen molar-refractivity contribution >= 4 is 11.4 Å². The molecule has 2 aromatic rings.